The Bertz CT molecular complexity index is 569. The van der Waals surface area contributed by atoms with Gasteiger partial charge in [-0.15, -0.1) is 10.2 Å². The molecule has 1 aromatic carbocycles. The smallest absolute Gasteiger partial charge is 0.318 e. The van der Waals surface area contributed by atoms with Crippen LogP contribution in [0.1, 0.15) is 0 Å². The molecule has 1 aromatic heterocycles. The van der Waals surface area contributed by atoms with E-state index in [4.69, 9.17) is 11.6 Å². The largest absolute Gasteiger partial charge is 0.328 e. The molecule has 2 aromatic rings. The van der Waals surface area contributed by atoms with Crippen molar-refractivity contribution in [2.24, 2.45) is 0 Å². The van der Waals surface area contributed by atoms with E-state index in [1.54, 1.807) is 18.2 Å². The number of aromatic nitrogens is 3. The molecular formula is C10H8ClN5O2. The Labute approximate surface area is 107 Å². The standard InChI is InChI=1S/C10H8ClN5O2/c11-7-2-1-3-8(4-7)14-9(17)10(18)15-16-5-12-13-6-16/h1-6H,(H,14,17)(H,15,18). The Morgan fingerprint density at radius 3 is 2.56 bits per heavy atom. The molecule has 1 heterocycles. The van der Waals surface area contributed by atoms with Crippen LogP contribution >= 0.6 is 11.6 Å². The molecule has 0 aliphatic rings. The molecule has 2 rings (SSSR count). The van der Waals surface area contributed by atoms with Gasteiger partial charge in [0, 0.05) is 10.7 Å². The number of nitrogens with zero attached hydrogens (tertiary/aromatic N) is 3. The summed E-state index contributed by atoms with van der Waals surface area (Å²) >= 11 is 5.75. The first-order valence-electron chi connectivity index (χ1n) is 4.88. The topological polar surface area (TPSA) is 88.9 Å². The van der Waals surface area contributed by atoms with Gasteiger partial charge in [0.15, 0.2) is 0 Å². The summed E-state index contributed by atoms with van der Waals surface area (Å²) in [5, 5.41) is 9.83. The van der Waals surface area contributed by atoms with Crippen molar-refractivity contribution in [3.63, 3.8) is 0 Å². The molecule has 0 saturated carbocycles. The van der Waals surface area contributed by atoms with Crippen molar-refractivity contribution < 1.29 is 9.59 Å². The van der Waals surface area contributed by atoms with Gasteiger partial charge in [-0.3, -0.25) is 15.0 Å². The molecule has 0 aliphatic carbocycles. The summed E-state index contributed by atoms with van der Waals surface area (Å²) in [4.78, 5) is 23.0. The van der Waals surface area contributed by atoms with Crippen LogP contribution in [0.25, 0.3) is 0 Å². The third kappa shape index (κ3) is 3.05. The number of amides is 2. The summed E-state index contributed by atoms with van der Waals surface area (Å²) in [6.07, 6.45) is 2.51. The normalized spacial score (nSPS) is 9.83. The van der Waals surface area contributed by atoms with Crippen LogP contribution in [-0.4, -0.2) is 26.7 Å². The average Bonchev–Trinajstić information content (AvgIpc) is 2.81. The summed E-state index contributed by atoms with van der Waals surface area (Å²) in [5.41, 5.74) is 2.70. The van der Waals surface area contributed by atoms with Gasteiger partial charge in [0.1, 0.15) is 12.7 Å². The quantitative estimate of drug-likeness (QED) is 0.780. The zero-order valence-corrected chi connectivity index (χ0v) is 9.76. The molecule has 18 heavy (non-hydrogen) atoms. The number of rotatable bonds is 2. The Morgan fingerprint density at radius 1 is 1.17 bits per heavy atom. The first-order valence-corrected chi connectivity index (χ1v) is 5.25. The van der Waals surface area contributed by atoms with Gasteiger partial charge in [-0.1, -0.05) is 17.7 Å². The lowest BCUT2D eigenvalue weighted by atomic mass is 10.3. The number of carbonyl (C=O) groups excluding carboxylic acids is 2. The highest BCUT2D eigenvalue weighted by Crippen LogP contribution is 2.14. The van der Waals surface area contributed by atoms with Crippen LogP contribution in [0.2, 0.25) is 5.02 Å². The second-order valence-electron chi connectivity index (χ2n) is 3.27. The first kappa shape index (κ1) is 12.1. The minimum atomic E-state index is -0.838. The molecule has 0 spiro atoms. The Morgan fingerprint density at radius 2 is 1.89 bits per heavy atom. The van der Waals surface area contributed by atoms with Crippen molar-refractivity contribution >= 4 is 29.1 Å². The average molecular weight is 266 g/mol. The summed E-state index contributed by atoms with van der Waals surface area (Å²) in [5.74, 6) is -1.65. The predicted octanol–water partition coefficient (Wildman–Crippen LogP) is 0.640. The third-order valence-electron chi connectivity index (χ3n) is 1.94. The molecule has 0 atom stereocenters. The molecule has 2 amide bonds. The minimum Gasteiger partial charge on any atom is -0.318 e. The van der Waals surface area contributed by atoms with E-state index in [0.717, 1.165) is 0 Å². The number of hydrogen-bond donors (Lipinski definition) is 2. The second kappa shape index (κ2) is 5.28. The Hall–Kier alpha value is -2.41. The second-order valence-corrected chi connectivity index (χ2v) is 3.71. The molecule has 0 fully saturated rings. The third-order valence-corrected chi connectivity index (χ3v) is 2.17. The highest BCUT2D eigenvalue weighted by molar-refractivity contribution is 6.42. The summed E-state index contributed by atoms with van der Waals surface area (Å²) in [7, 11) is 0. The van der Waals surface area contributed by atoms with Crippen LogP contribution in [0.15, 0.2) is 36.9 Å². The minimum absolute atomic E-state index is 0.436. The maximum atomic E-state index is 11.5. The van der Waals surface area contributed by atoms with E-state index in [-0.39, 0.29) is 0 Å². The summed E-state index contributed by atoms with van der Waals surface area (Å²) in [6.45, 7) is 0. The van der Waals surface area contributed by atoms with Gasteiger partial charge in [-0.2, -0.15) is 0 Å². The lowest BCUT2D eigenvalue weighted by Crippen LogP contribution is -2.33. The van der Waals surface area contributed by atoms with E-state index >= 15 is 0 Å². The molecular weight excluding hydrogens is 258 g/mol. The van der Waals surface area contributed by atoms with Gasteiger partial charge >= 0.3 is 11.8 Å². The summed E-state index contributed by atoms with van der Waals surface area (Å²) in [6, 6.07) is 6.48. The lowest BCUT2D eigenvalue weighted by molar-refractivity contribution is -0.133. The zero-order valence-electron chi connectivity index (χ0n) is 9.00. The van der Waals surface area contributed by atoms with Crippen molar-refractivity contribution in [3.05, 3.63) is 41.9 Å². The van der Waals surface area contributed by atoms with Gasteiger partial charge in [0.05, 0.1) is 0 Å². The van der Waals surface area contributed by atoms with Crippen LogP contribution in [-0.2, 0) is 9.59 Å². The zero-order chi connectivity index (χ0) is 13.0. The summed E-state index contributed by atoms with van der Waals surface area (Å²) < 4.78 is 1.17. The van der Waals surface area contributed by atoms with E-state index < -0.39 is 11.8 Å². The van der Waals surface area contributed by atoms with Crippen molar-refractivity contribution in [3.8, 4) is 0 Å². The van der Waals surface area contributed by atoms with E-state index in [0.29, 0.717) is 10.7 Å². The fraction of sp³-hybridized carbons (Fsp3) is 0. The maximum absolute atomic E-state index is 11.5. The van der Waals surface area contributed by atoms with Gasteiger partial charge in [0.25, 0.3) is 0 Å². The number of hydrogen-bond acceptors (Lipinski definition) is 4. The molecule has 7 nitrogen and oxygen atoms in total. The molecule has 0 radical (unpaired) electrons. The van der Waals surface area contributed by atoms with E-state index in [2.05, 4.69) is 20.9 Å². The molecule has 8 heteroatoms. The fourth-order valence-electron chi connectivity index (χ4n) is 1.18. The molecule has 0 aliphatic heterocycles. The first-order chi connectivity index (χ1) is 8.65. The molecule has 0 bridgehead atoms. The number of anilines is 1. The number of nitrogens with one attached hydrogen (secondary N) is 2. The number of halogens is 1. The maximum Gasteiger partial charge on any atom is 0.328 e. The van der Waals surface area contributed by atoms with Crippen molar-refractivity contribution in [2.75, 3.05) is 10.7 Å². The van der Waals surface area contributed by atoms with Crippen LogP contribution < -0.4 is 10.7 Å². The monoisotopic (exact) mass is 265 g/mol. The molecule has 2 N–H and O–H groups in total. The van der Waals surface area contributed by atoms with E-state index in [9.17, 15) is 9.59 Å². The number of carbonyl (C=O) groups is 2. The lowest BCUT2D eigenvalue weighted by Gasteiger charge is -2.06. The van der Waals surface area contributed by atoms with Gasteiger partial charge in [-0.25, -0.2) is 4.68 Å². The van der Waals surface area contributed by atoms with Gasteiger partial charge < -0.3 is 5.32 Å². The van der Waals surface area contributed by atoms with E-state index in [1.807, 2.05) is 0 Å². The highest BCUT2D eigenvalue weighted by atomic mass is 35.5. The van der Waals surface area contributed by atoms with Crippen LogP contribution in [0.5, 0.6) is 0 Å². The van der Waals surface area contributed by atoms with Crippen LogP contribution in [0.3, 0.4) is 0 Å². The SMILES string of the molecule is O=C(Nc1cccc(Cl)c1)C(=O)Nn1cnnc1. The number of benzene rings is 1. The van der Waals surface area contributed by atoms with Gasteiger partial charge in [0.2, 0.25) is 0 Å². The van der Waals surface area contributed by atoms with Crippen LogP contribution in [0.4, 0.5) is 5.69 Å². The predicted molar refractivity (Wildman–Crippen MR) is 64.5 cm³/mol. The fourth-order valence-corrected chi connectivity index (χ4v) is 1.37. The Balaban J connectivity index is 1.97. The van der Waals surface area contributed by atoms with Crippen molar-refractivity contribution in [1.82, 2.24) is 14.9 Å². The highest BCUT2D eigenvalue weighted by Gasteiger charge is 2.14. The van der Waals surface area contributed by atoms with E-state index in [1.165, 1.54) is 23.4 Å². The Kier molecular flexibility index (Phi) is 3.54. The van der Waals surface area contributed by atoms with Crippen molar-refractivity contribution in [1.29, 1.82) is 0 Å². The van der Waals surface area contributed by atoms with Crippen LogP contribution in [0, 0.1) is 0 Å². The van der Waals surface area contributed by atoms with Gasteiger partial charge in [-0.05, 0) is 18.2 Å². The molecule has 92 valence electrons. The van der Waals surface area contributed by atoms with Crippen molar-refractivity contribution in [2.45, 2.75) is 0 Å². The molecule has 0 unspecified atom stereocenters. The molecule has 0 saturated heterocycles.